The van der Waals surface area contributed by atoms with Crippen LogP contribution in [-0.4, -0.2) is 19.3 Å². The lowest BCUT2D eigenvalue weighted by molar-refractivity contribution is 0.0606. The Balaban J connectivity index is 1.73. The van der Waals surface area contributed by atoms with Crippen molar-refractivity contribution in [3.63, 3.8) is 0 Å². The van der Waals surface area contributed by atoms with E-state index in [0.29, 0.717) is 4.88 Å². The minimum absolute atomic E-state index is 0.319. The molecule has 128 valence electrons. The van der Waals surface area contributed by atoms with Crippen molar-refractivity contribution >= 4 is 40.4 Å². The summed E-state index contributed by atoms with van der Waals surface area (Å²) in [4.78, 5) is 12.3. The van der Waals surface area contributed by atoms with E-state index in [1.54, 1.807) is 11.8 Å². The topological polar surface area (TPSA) is 47.6 Å². The predicted molar refractivity (Wildman–Crippen MR) is 104 cm³/mol. The van der Waals surface area contributed by atoms with E-state index in [9.17, 15) is 4.79 Å². The average Bonchev–Trinajstić information content (AvgIpc) is 3.06. The number of carbonyl (C=O) groups is 1. The largest absolute Gasteiger partial charge is 0.465 e. The van der Waals surface area contributed by atoms with Crippen LogP contribution in [0.3, 0.4) is 0 Å². The fraction of sp³-hybridized carbons (Fsp3) is 0.105. The highest BCUT2D eigenvalue weighted by atomic mass is 32.2. The highest BCUT2D eigenvalue weighted by Gasteiger charge is 2.14. The molecular formula is C19H17NO3S2. The lowest BCUT2D eigenvalue weighted by Gasteiger charge is -2.08. The van der Waals surface area contributed by atoms with Crippen molar-refractivity contribution in [2.24, 2.45) is 0 Å². The summed E-state index contributed by atoms with van der Waals surface area (Å²) in [5.74, 6) is 1.25. The number of anilines is 2. The molecule has 0 saturated carbocycles. The Morgan fingerprint density at radius 2 is 1.72 bits per heavy atom. The molecule has 3 rings (SSSR count). The van der Waals surface area contributed by atoms with Gasteiger partial charge >= 0.3 is 5.97 Å². The molecule has 4 nitrogen and oxygen atoms in total. The van der Waals surface area contributed by atoms with Gasteiger partial charge in [-0.1, -0.05) is 18.2 Å². The van der Waals surface area contributed by atoms with E-state index in [0.717, 1.165) is 27.1 Å². The van der Waals surface area contributed by atoms with Gasteiger partial charge in [-0.15, -0.1) is 23.1 Å². The minimum Gasteiger partial charge on any atom is -0.465 e. The van der Waals surface area contributed by atoms with Crippen LogP contribution in [0.4, 0.5) is 11.4 Å². The number of ether oxygens (including phenoxy) is 2. The summed E-state index contributed by atoms with van der Waals surface area (Å²) < 4.78 is 11.6. The van der Waals surface area contributed by atoms with Crippen molar-refractivity contribution in [2.45, 2.75) is 4.21 Å². The van der Waals surface area contributed by atoms with E-state index in [2.05, 4.69) is 5.32 Å². The molecule has 0 unspecified atom stereocenters. The van der Waals surface area contributed by atoms with Gasteiger partial charge in [-0.2, -0.15) is 0 Å². The second kappa shape index (κ2) is 8.09. The Kier molecular flexibility index (Phi) is 5.63. The summed E-state index contributed by atoms with van der Waals surface area (Å²) in [6.07, 6.45) is 1.98. The van der Waals surface area contributed by atoms with Gasteiger partial charge in [0.25, 0.3) is 0 Å². The Morgan fingerprint density at radius 1 is 1.04 bits per heavy atom. The summed E-state index contributed by atoms with van der Waals surface area (Å²) in [5, 5.41) is 3.34. The summed E-state index contributed by atoms with van der Waals surface area (Å²) >= 11 is 3.01. The second-order valence-corrected chi connectivity index (χ2v) is 7.20. The van der Waals surface area contributed by atoms with Gasteiger partial charge < -0.3 is 14.8 Å². The maximum Gasteiger partial charge on any atom is 0.348 e. The molecule has 1 heterocycles. The zero-order valence-corrected chi connectivity index (χ0v) is 15.4. The number of carbonyl (C=O) groups excluding carboxylic acids is 1. The number of thioether (sulfide) groups is 1. The second-order valence-electron chi connectivity index (χ2n) is 5.07. The lowest BCUT2D eigenvalue weighted by atomic mass is 10.3. The first-order chi connectivity index (χ1) is 12.2. The SMILES string of the molecule is COC(=O)c1cc(Nc2ccc(Oc3ccccc3)cc2)c(SC)s1. The Morgan fingerprint density at radius 3 is 2.36 bits per heavy atom. The van der Waals surface area contributed by atoms with Gasteiger partial charge in [-0.25, -0.2) is 4.79 Å². The number of thiophene rings is 1. The standard InChI is InChI=1S/C19H17NO3S2/c1-22-18(21)17-12-16(19(24-2)25-17)20-13-8-10-15(11-9-13)23-14-6-4-3-5-7-14/h3-12,20H,1-2H3. The fourth-order valence-electron chi connectivity index (χ4n) is 2.20. The van der Waals surface area contributed by atoms with Crippen molar-refractivity contribution in [1.82, 2.24) is 0 Å². The van der Waals surface area contributed by atoms with E-state index in [-0.39, 0.29) is 5.97 Å². The highest BCUT2D eigenvalue weighted by Crippen LogP contribution is 2.37. The molecule has 0 saturated heterocycles. The number of benzene rings is 2. The number of para-hydroxylation sites is 1. The molecule has 0 aliphatic carbocycles. The van der Waals surface area contributed by atoms with E-state index >= 15 is 0 Å². The number of esters is 1. The lowest BCUT2D eigenvalue weighted by Crippen LogP contribution is -1.97. The van der Waals surface area contributed by atoms with E-state index in [1.165, 1.54) is 18.4 Å². The van der Waals surface area contributed by atoms with Crippen LogP contribution in [0.25, 0.3) is 0 Å². The molecule has 2 aromatic carbocycles. The van der Waals surface area contributed by atoms with Crippen LogP contribution in [0.2, 0.25) is 0 Å². The molecule has 1 aromatic heterocycles. The molecule has 0 amide bonds. The van der Waals surface area contributed by atoms with Gasteiger partial charge in [0.05, 0.1) is 17.0 Å². The van der Waals surface area contributed by atoms with Gasteiger partial charge in [0, 0.05) is 5.69 Å². The van der Waals surface area contributed by atoms with Crippen molar-refractivity contribution in [2.75, 3.05) is 18.7 Å². The van der Waals surface area contributed by atoms with Crippen LogP contribution in [0.5, 0.6) is 11.5 Å². The number of hydrogen-bond donors (Lipinski definition) is 1. The first kappa shape index (κ1) is 17.4. The van der Waals surface area contributed by atoms with Crippen LogP contribution in [0.15, 0.2) is 64.9 Å². The van der Waals surface area contributed by atoms with Gasteiger partial charge in [-0.3, -0.25) is 0 Å². The Bertz CT molecular complexity index is 845. The first-order valence-corrected chi connectivity index (χ1v) is 9.60. The van der Waals surface area contributed by atoms with Gasteiger partial charge in [-0.05, 0) is 48.7 Å². The van der Waals surface area contributed by atoms with E-state index in [1.807, 2.05) is 66.9 Å². The van der Waals surface area contributed by atoms with Crippen molar-refractivity contribution < 1.29 is 14.3 Å². The van der Waals surface area contributed by atoms with Gasteiger partial charge in [0.15, 0.2) is 0 Å². The zero-order valence-electron chi connectivity index (χ0n) is 13.8. The average molecular weight is 371 g/mol. The summed E-state index contributed by atoms with van der Waals surface area (Å²) in [5.41, 5.74) is 1.82. The molecule has 1 N–H and O–H groups in total. The van der Waals surface area contributed by atoms with Crippen LogP contribution in [0, 0.1) is 0 Å². The number of nitrogens with one attached hydrogen (secondary N) is 1. The molecular weight excluding hydrogens is 354 g/mol. The van der Waals surface area contributed by atoms with Crippen molar-refractivity contribution in [3.05, 3.63) is 65.5 Å². The summed E-state index contributed by atoms with van der Waals surface area (Å²) in [6.45, 7) is 0. The number of methoxy groups -OCH3 is 1. The minimum atomic E-state index is -0.319. The third-order valence-electron chi connectivity index (χ3n) is 3.38. The monoisotopic (exact) mass is 371 g/mol. The van der Waals surface area contributed by atoms with E-state index < -0.39 is 0 Å². The molecule has 25 heavy (non-hydrogen) atoms. The maximum absolute atomic E-state index is 11.7. The molecule has 0 radical (unpaired) electrons. The third kappa shape index (κ3) is 4.35. The van der Waals surface area contributed by atoms with Gasteiger partial charge in [0.2, 0.25) is 0 Å². The normalized spacial score (nSPS) is 10.3. The van der Waals surface area contributed by atoms with E-state index in [4.69, 9.17) is 9.47 Å². The van der Waals surface area contributed by atoms with Gasteiger partial charge in [0.1, 0.15) is 16.4 Å². The molecule has 0 fully saturated rings. The number of rotatable bonds is 6. The fourth-order valence-corrected chi connectivity index (χ4v) is 3.90. The molecule has 6 heteroatoms. The third-order valence-corrected chi connectivity index (χ3v) is 5.63. The molecule has 0 spiro atoms. The highest BCUT2D eigenvalue weighted by molar-refractivity contribution is 8.00. The van der Waals surface area contributed by atoms with Crippen LogP contribution < -0.4 is 10.1 Å². The molecule has 0 aliphatic heterocycles. The van der Waals surface area contributed by atoms with Crippen LogP contribution in [0.1, 0.15) is 9.67 Å². The zero-order chi connectivity index (χ0) is 17.6. The smallest absolute Gasteiger partial charge is 0.348 e. The first-order valence-electron chi connectivity index (χ1n) is 7.55. The molecule has 0 atom stereocenters. The van der Waals surface area contributed by atoms with Crippen LogP contribution in [-0.2, 0) is 4.74 Å². The summed E-state index contributed by atoms with van der Waals surface area (Å²) in [6, 6.07) is 19.2. The maximum atomic E-state index is 11.7. The molecule has 0 aliphatic rings. The van der Waals surface area contributed by atoms with Crippen molar-refractivity contribution in [3.8, 4) is 11.5 Å². The quantitative estimate of drug-likeness (QED) is 0.439. The Labute approximate surface area is 154 Å². The van der Waals surface area contributed by atoms with Crippen LogP contribution >= 0.6 is 23.1 Å². The Hall–Kier alpha value is -2.44. The number of hydrogen-bond acceptors (Lipinski definition) is 6. The molecule has 3 aromatic rings. The molecule has 0 bridgehead atoms. The summed E-state index contributed by atoms with van der Waals surface area (Å²) in [7, 11) is 1.39. The van der Waals surface area contributed by atoms with Crippen molar-refractivity contribution in [1.29, 1.82) is 0 Å². The predicted octanol–water partition coefficient (Wildman–Crippen LogP) is 5.79.